The van der Waals surface area contributed by atoms with Gasteiger partial charge in [-0.1, -0.05) is 29.8 Å². The van der Waals surface area contributed by atoms with E-state index >= 15 is 0 Å². The van der Waals surface area contributed by atoms with Crippen LogP contribution in [0.25, 0.3) is 16.8 Å². The van der Waals surface area contributed by atoms with Crippen LogP contribution in [-0.2, 0) is 6.54 Å². The van der Waals surface area contributed by atoms with Crippen molar-refractivity contribution in [2.24, 2.45) is 0 Å². The Morgan fingerprint density at radius 1 is 1.23 bits per heavy atom. The van der Waals surface area contributed by atoms with Crippen molar-refractivity contribution in [2.45, 2.75) is 12.6 Å². The van der Waals surface area contributed by atoms with E-state index in [1.54, 1.807) is 54.9 Å². The van der Waals surface area contributed by atoms with Gasteiger partial charge in [-0.25, -0.2) is 4.52 Å². The Morgan fingerprint density at radius 2 is 2.07 bits per heavy atom. The second-order valence-electron chi connectivity index (χ2n) is 6.70. The average Bonchev–Trinajstić information content (AvgIpc) is 3.27. The number of benzene rings is 1. The molecule has 30 heavy (non-hydrogen) atoms. The summed E-state index contributed by atoms with van der Waals surface area (Å²) in [5.74, 6) is -0.342. The van der Waals surface area contributed by atoms with Crippen LogP contribution in [0.15, 0.2) is 54.9 Å². The number of fused-ring (bicyclic) bond motifs is 1. The van der Waals surface area contributed by atoms with Crippen LogP contribution in [0, 0.1) is 0 Å². The number of amides is 1. The third kappa shape index (κ3) is 3.86. The van der Waals surface area contributed by atoms with Crippen LogP contribution in [0.5, 0.6) is 0 Å². The van der Waals surface area contributed by atoms with Crippen LogP contribution in [0.2, 0.25) is 5.02 Å². The summed E-state index contributed by atoms with van der Waals surface area (Å²) >= 11 is 6.11. The first-order valence-corrected chi connectivity index (χ1v) is 9.50. The van der Waals surface area contributed by atoms with Crippen molar-refractivity contribution < 1.29 is 15.0 Å². The fourth-order valence-electron chi connectivity index (χ4n) is 3.16. The van der Waals surface area contributed by atoms with Gasteiger partial charge in [-0.2, -0.15) is 5.10 Å². The third-order valence-electron chi connectivity index (χ3n) is 4.51. The van der Waals surface area contributed by atoms with Crippen LogP contribution in [0.1, 0.15) is 10.4 Å². The predicted octanol–water partition coefficient (Wildman–Crippen LogP) is 2.04. The molecule has 0 aliphatic carbocycles. The van der Waals surface area contributed by atoms with E-state index in [9.17, 15) is 9.90 Å². The SMILES string of the molecule is Nc1nn2ccccc2c1C(=O)Nc1cn(C[C@H](O)CO)nc1-c1cccc(Cl)c1. The van der Waals surface area contributed by atoms with Crippen molar-refractivity contribution in [3.8, 4) is 11.3 Å². The number of hydrogen-bond acceptors (Lipinski definition) is 6. The summed E-state index contributed by atoms with van der Waals surface area (Å²) in [6.07, 6.45) is 2.29. The maximum Gasteiger partial charge on any atom is 0.261 e. The number of halogens is 1. The third-order valence-corrected chi connectivity index (χ3v) is 4.75. The Hall–Kier alpha value is -3.40. The molecule has 10 heteroatoms. The zero-order chi connectivity index (χ0) is 21.3. The van der Waals surface area contributed by atoms with Gasteiger partial charge in [0.15, 0.2) is 5.82 Å². The lowest BCUT2D eigenvalue weighted by Crippen LogP contribution is -2.20. The molecule has 3 heterocycles. The van der Waals surface area contributed by atoms with Crippen molar-refractivity contribution in [3.63, 3.8) is 0 Å². The van der Waals surface area contributed by atoms with Gasteiger partial charge in [-0.15, -0.1) is 5.10 Å². The molecule has 0 fully saturated rings. The molecule has 0 unspecified atom stereocenters. The molecule has 154 valence electrons. The van der Waals surface area contributed by atoms with Crippen molar-refractivity contribution >= 4 is 34.5 Å². The van der Waals surface area contributed by atoms with Crippen LogP contribution in [0.3, 0.4) is 0 Å². The van der Waals surface area contributed by atoms with Gasteiger partial charge >= 0.3 is 0 Å². The van der Waals surface area contributed by atoms with Crippen LogP contribution in [0.4, 0.5) is 11.5 Å². The van der Waals surface area contributed by atoms with E-state index in [1.807, 2.05) is 0 Å². The fraction of sp³-hybridized carbons (Fsp3) is 0.150. The van der Waals surface area contributed by atoms with Gasteiger partial charge in [-0.3, -0.25) is 9.48 Å². The summed E-state index contributed by atoms with van der Waals surface area (Å²) in [5, 5.41) is 30.8. The van der Waals surface area contributed by atoms with E-state index in [2.05, 4.69) is 15.5 Å². The predicted molar refractivity (Wildman–Crippen MR) is 113 cm³/mol. The Balaban J connectivity index is 1.73. The number of hydrogen-bond donors (Lipinski definition) is 4. The van der Waals surface area contributed by atoms with Gasteiger partial charge in [0.05, 0.1) is 30.5 Å². The molecule has 0 aliphatic heterocycles. The number of carbonyl (C=O) groups is 1. The number of pyridine rings is 1. The minimum atomic E-state index is -0.990. The normalized spacial score (nSPS) is 12.2. The molecular weight excluding hydrogens is 408 g/mol. The average molecular weight is 427 g/mol. The van der Waals surface area contributed by atoms with Gasteiger partial charge in [0.25, 0.3) is 5.91 Å². The van der Waals surface area contributed by atoms with Crippen LogP contribution >= 0.6 is 11.6 Å². The number of nitrogen functional groups attached to an aromatic ring is 1. The Kier molecular flexibility index (Phi) is 5.40. The van der Waals surface area contributed by atoms with E-state index in [0.29, 0.717) is 27.5 Å². The van der Waals surface area contributed by atoms with E-state index < -0.39 is 18.6 Å². The Bertz CT molecular complexity index is 1220. The molecule has 1 aromatic carbocycles. The molecule has 5 N–H and O–H groups in total. The lowest BCUT2D eigenvalue weighted by Gasteiger charge is -2.06. The van der Waals surface area contributed by atoms with Gasteiger partial charge < -0.3 is 21.3 Å². The quantitative estimate of drug-likeness (QED) is 0.373. The molecule has 0 spiro atoms. The molecule has 3 aromatic heterocycles. The van der Waals surface area contributed by atoms with Gasteiger partial charge in [0, 0.05) is 23.0 Å². The summed E-state index contributed by atoms with van der Waals surface area (Å²) < 4.78 is 2.98. The molecule has 1 amide bonds. The van der Waals surface area contributed by atoms with Crippen molar-refractivity contribution in [3.05, 3.63) is 65.4 Å². The molecule has 0 radical (unpaired) electrons. The highest BCUT2D eigenvalue weighted by molar-refractivity contribution is 6.30. The molecule has 1 atom stereocenters. The molecule has 9 nitrogen and oxygen atoms in total. The fourth-order valence-corrected chi connectivity index (χ4v) is 3.35. The lowest BCUT2D eigenvalue weighted by molar-refractivity contribution is 0.0783. The first kappa shape index (κ1) is 19.9. The van der Waals surface area contributed by atoms with E-state index in [1.165, 1.54) is 9.20 Å². The number of aliphatic hydroxyl groups is 2. The largest absolute Gasteiger partial charge is 0.394 e. The highest BCUT2D eigenvalue weighted by Crippen LogP contribution is 2.30. The summed E-state index contributed by atoms with van der Waals surface area (Å²) in [6, 6.07) is 12.4. The number of nitrogens with one attached hydrogen (secondary N) is 1. The number of anilines is 2. The Morgan fingerprint density at radius 3 is 2.83 bits per heavy atom. The number of carbonyl (C=O) groups excluding carboxylic acids is 1. The van der Waals surface area contributed by atoms with Crippen molar-refractivity contribution in [2.75, 3.05) is 17.7 Å². The summed E-state index contributed by atoms with van der Waals surface area (Å²) in [6.45, 7) is -0.355. The highest BCUT2D eigenvalue weighted by Gasteiger charge is 2.21. The van der Waals surface area contributed by atoms with Gasteiger partial charge in [-0.05, 0) is 24.3 Å². The number of aliphatic hydroxyl groups excluding tert-OH is 2. The number of nitrogens with zero attached hydrogens (tertiary/aromatic N) is 4. The Labute approximate surface area is 176 Å². The zero-order valence-electron chi connectivity index (χ0n) is 15.7. The second-order valence-corrected chi connectivity index (χ2v) is 7.14. The van der Waals surface area contributed by atoms with Gasteiger partial charge in [0.1, 0.15) is 11.3 Å². The van der Waals surface area contributed by atoms with E-state index in [-0.39, 0.29) is 17.9 Å². The monoisotopic (exact) mass is 426 g/mol. The molecular formula is C20H19ClN6O3. The molecule has 0 aliphatic rings. The minimum Gasteiger partial charge on any atom is -0.394 e. The smallest absolute Gasteiger partial charge is 0.261 e. The maximum atomic E-state index is 13.1. The first-order chi connectivity index (χ1) is 14.5. The first-order valence-electron chi connectivity index (χ1n) is 9.12. The van der Waals surface area contributed by atoms with E-state index in [4.69, 9.17) is 22.4 Å². The molecule has 4 rings (SSSR count). The maximum absolute atomic E-state index is 13.1. The highest BCUT2D eigenvalue weighted by atomic mass is 35.5. The summed E-state index contributed by atoms with van der Waals surface area (Å²) in [5.41, 5.74) is 8.34. The lowest BCUT2D eigenvalue weighted by atomic mass is 10.1. The number of aromatic nitrogens is 4. The van der Waals surface area contributed by atoms with Crippen molar-refractivity contribution in [1.82, 2.24) is 19.4 Å². The van der Waals surface area contributed by atoms with Crippen molar-refractivity contribution in [1.29, 1.82) is 0 Å². The number of nitrogens with two attached hydrogens (primary N) is 1. The molecule has 0 bridgehead atoms. The summed E-state index contributed by atoms with van der Waals surface area (Å²) in [4.78, 5) is 13.1. The van der Waals surface area contributed by atoms with Gasteiger partial charge in [0.2, 0.25) is 0 Å². The number of rotatable bonds is 6. The van der Waals surface area contributed by atoms with Crippen LogP contribution in [-0.4, -0.2) is 48.2 Å². The second kappa shape index (κ2) is 8.15. The zero-order valence-corrected chi connectivity index (χ0v) is 16.5. The standard InChI is InChI=1S/C20H19ClN6O3/c21-13-5-3-4-12(8-13)18-15(10-26(24-18)9-14(29)11-28)23-20(30)17-16-6-1-2-7-27(16)25-19(17)22/h1-8,10,14,28-29H,9,11H2,(H2,22,25)(H,23,30)/t14-/m0/s1. The molecule has 0 saturated heterocycles. The van der Waals surface area contributed by atoms with E-state index in [0.717, 1.165) is 0 Å². The summed E-state index contributed by atoms with van der Waals surface area (Å²) in [7, 11) is 0. The van der Waals surface area contributed by atoms with Crippen LogP contribution < -0.4 is 11.1 Å². The topological polar surface area (TPSA) is 131 Å². The minimum absolute atomic E-state index is 0.0544. The molecule has 4 aromatic rings. The molecule has 0 saturated carbocycles.